The van der Waals surface area contributed by atoms with E-state index in [1.807, 2.05) is 11.4 Å². The Bertz CT molecular complexity index is 446. The quantitative estimate of drug-likeness (QED) is 0.784. The van der Waals surface area contributed by atoms with Crippen molar-refractivity contribution >= 4 is 39.3 Å². The summed E-state index contributed by atoms with van der Waals surface area (Å²) >= 11 is 4.73. The maximum absolute atomic E-state index is 11.3. The van der Waals surface area contributed by atoms with Crippen LogP contribution >= 0.6 is 27.3 Å². The summed E-state index contributed by atoms with van der Waals surface area (Å²) < 4.78 is 5.51. The SMILES string of the molecule is C=CCOC(=O)N[C@@H](Cc1sccc1Br)C(=O)O. The van der Waals surface area contributed by atoms with Crippen molar-refractivity contribution < 1.29 is 19.4 Å². The number of carboxylic acids is 1. The van der Waals surface area contributed by atoms with E-state index < -0.39 is 18.1 Å². The Kier molecular flexibility index (Phi) is 5.87. The number of carbonyl (C=O) groups is 2. The molecule has 0 bridgehead atoms. The Hall–Kier alpha value is -1.34. The zero-order valence-corrected chi connectivity index (χ0v) is 11.8. The molecule has 0 spiro atoms. The minimum absolute atomic E-state index is 0.0425. The van der Waals surface area contributed by atoms with Gasteiger partial charge < -0.3 is 15.2 Å². The highest BCUT2D eigenvalue weighted by Crippen LogP contribution is 2.24. The van der Waals surface area contributed by atoms with E-state index in [0.717, 1.165) is 9.35 Å². The van der Waals surface area contributed by atoms with Gasteiger partial charge in [0.15, 0.2) is 0 Å². The lowest BCUT2D eigenvalue weighted by atomic mass is 10.2. The molecule has 18 heavy (non-hydrogen) atoms. The molecule has 0 aliphatic carbocycles. The lowest BCUT2D eigenvalue weighted by Gasteiger charge is -2.13. The summed E-state index contributed by atoms with van der Waals surface area (Å²) in [6, 6.07) is 0.812. The fourth-order valence-electron chi connectivity index (χ4n) is 1.17. The average molecular weight is 334 g/mol. The number of amides is 1. The fourth-order valence-corrected chi connectivity index (χ4v) is 2.74. The third-order valence-electron chi connectivity index (χ3n) is 2.00. The summed E-state index contributed by atoms with van der Waals surface area (Å²) in [5, 5.41) is 13.2. The monoisotopic (exact) mass is 333 g/mol. The van der Waals surface area contributed by atoms with Crippen molar-refractivity contribution in [1.82, 2.24) is 5.32 Å². The second-order valence-electron chi connectivity index (χ2n) is 3.32. The molecule has 1 aromatic heterocycles. The summed E-state index contributed by atoms with van der Waals surface area (Å²) in [5.74, 6) is -1.11. The minimum atomic E-state index is -1.11. The van der Waals surface area contributed by atoms with Gasteiger partial charge in [-0.2, -0.15) is 0 Å². The number of hydrogen-bond donors (Lipinski definition) is 2. The molecule has 0 saturated carbocycles. The highest BCUT2D eigenvalue weighted by atomic mass is 79.9. The van der Waals surface area contributed by atoms with Crippen molar-refractivity contribution in [3.05, 3.63) is 33.5 Å². The molecule has 0 aromatic carbocycles. The van der Waals surface area contributed by atoms with Crippen molar-refractivity contribution in [2.45, 2.75) is 12.5 Å². The highest BCUT2D eigenvalue weighted by molar-refractivity contribution is 9.10. The summed E-state index contributed by atoms with van der Waals surface area (Å²) in [4.78, 5) is 23.2. The van der Waals surface area contributed by atoms with Crippen LogP contribution < -0.4 is 5.32 Å². The first-order chi connectivity index (χ1) is 8.54. The Morgan fingerprint density at radius 3 is 2.89 bits per heavy atom. The Morgan fingerprint density at radius 1 is 1.67 bits per heavy atom. The van der Waals surface area contributed by atoms with Gasteiger partial charge in [-0.3, -0.25) is 0 Å². The summed E-state index contributed by atoms with van der Waals surface area (Å²) in [6.45, 7) is 3.44. The number of carbonyl (C=O) groups excluding carboxylic acids is 1. The zero-order chi connectivity index (χ0) is 13.5. The molecule has 0 aliphatic rings. The minimum Gasteiger partial charge on any atom is -0.480 e. The van der Waals surface area contributed by atoms with E-state index in [1.165, 1.54) is 17.4 Å². The number of halogens is 1. The van der Waals surface area contributed by atoms with Gasteiger partial charge >= 0.3 is 12.1 Å². The maximum Gasteiger partial charge on any atom is 0.408 e. The number of rotatable bonds is 6. The van der Waals surface area contributed by atoms with E-state index in [1.54, 1.807) is 0 Å². The molecule has 0 saturated heterocycles. The lowest BCUT2D eigenvalue weighted by molar-refractivity contribution is -0.139. The van der Waals surface area contributed by atoms with E-state index in [9.17, 15) is 9.59 Å². The van der Waals surface area contributed by atoms with Crippen LogP contribution in [0.25, 0.3) is 0 Å². The van der Waals surface area contributed by atoms with Crippen molar-refractivity contribution in [1.29, 1.82) is 0 Å². The molecule has 2 N–H and O–H groups in total. The predicted molar refractivity (Wildman–Crippen MR) is 71.8 cm³/mol. The molecule has 0 aliphatic heterocycles. The molecule has 0 unspecified atom stereocenters. The van der Waals surface area contributed by atoms with Gasteiger partial charge in [0.25, 0.3) is 0 Å². The maximum atomic E-state index is 11.3. The predicted octanol–water partition coefficient (Wildman–Crippen LogP) is 2.42. The largest absolute Gasteiger partial charge is 0.480 e. The number of ether oxygens (including phenoxy) is 1. The number of nitrogens with one attached hydrogen (secondary N) is 1. The molecule has 1 atom stereocenters. The summed E-state index contributed by atoms with van der Waals surface area (Å²) in [7, 11) is 0. The van der Waals surface area contributed by atoms with Crippen LogP contribution in [-0.2, 0) is 16.0 Å². The standard InChI is InChI=1S/C11H12BrNO4S/c1-2-4-17-11(16)13-8(10(14)15)6-9-7(12)3-5-18-9/h2-3,5,8H,1,4,6H2,(H,13,16)(H,14,15)/t8-/m0/s1. The molecular formula is C11H12BrNO4S. The van der Waals surface area contributed by atoms with Crippen molar-refractivity contribution in [3.8, 4) is 0 Å². The first kappa shape index (κ1) is 14.7. The lowest BCUT2D eigenvalue weighted by Crippen LogP contribution is -2.42. The summed E-state index contributed by atoms with van der Waals surface area (Å²) in [6.07, 6.45) is 0.845. The van der Waals surface area contributed by atoms with Crippen LogP contribution in [0.5, 0.6) is 0 Å². The van der Waals surface area contributed by atoms with E-state index in [2.05, 4.69) is 32.6 Å². The zero-order valence-electron chi connectivity index (χ0n) is 9.39. The second-order valence-corrected chi connectivity index (χ2v) is 5.17. The first-order valence-corrected chi connectivity index (χ1v) is 6.70. The highest BCUT2D eigenvalue weighted by Gasteiger charge is 2.22. The van der Waals surface area contributed by atoms with Gasteiger partial charge in [-0.1, -0.05) is 12.7 Å². The number of aliphatic carboxylic acids is 1. The third-order valence-corrected chi connectivity index (χ3v) is 3.95. The Labute approximate surface area is 117 Å². The van der Waals surface area contributed by atoms with Gasteiger partial charge in [0.1, 0.15) is 12.6 Å². The van der Waals surface area contributed by atoms with Crippen LogP contribution in [0.1, 0.15) is 4.88 Å². The van der Waals surface area contributed by atoms with Gasteiger partial charge in [0.2, 0.25) is 0 Å². The molecular weight excluding hydrogens is 322 g/mol. The topological polar surface area (TPSA) is 75.6 Å². The van der Waals surface area contributed by atoms with E-state index in [-0.39, 0.29) is 13.0 Å². The van der Waals surface area contributed by atoms with Gasteiger partial charge in [-0.05, 0) is 27.4 Å². The number of thiophene rings is 1. The molecule has 98 valence electrons. The second kappa shape index (κ2) is 7.17. The van der Waals surface area contributed by atoms with Gasteiger partial charge in [-0.15, -0.1) is 11.3 Å². The molecule has 5 nitrogen and oxygen atoms in total. The van der Waals surface area contributed by atoms with Crippen molar-refractivity contribution in [2.24, 2.45) is 0 Å². The molecule has 1 rings (SSSR count). The van der Waals surface area contributed by atoms with Crippen LogP contribution in [0.4, 0.5) is 4.79 Å². The number of hydrogen-bond acceptors (Lipinski definition) is 4. The summed E-state index contributed by atoms with van der Waals surface area (Å²) in [5.41, 5.74) is 0. The molecule has 1 heterocycles. The number of carboxylic acid groups (broad SMARTS) is 1. The molecule has 0 radical (unpaired) electrons. The van der Waals surface area contributed by atoms with Crippen molar-refractivity contribution in [2.75, 3.05) is 6.61 Å². The molecule has 1 amide bonds. The van der Waals surface area contributed by atoms with Gasteiger partial charge in [-0.25, -0.2) is 9.59 Å². The smallest absolute Gasteiger partial charge is 0.408 e. The van der Waals surface area contributed by atoms with Crippen LogP contribution in [0.2, 0.25) is 0 Å². The first-order valence-electron chi connectivity index (χ1n) is 5.03. The van der Waals surface area contributed by atoms with Gasteiger partial charge in [0.05, 0.1) is 0 Å². The Morgan fingerprint density at radius 2 is 2.39 bits per heavy atom. The van der Waals surface area contributed by atoms with Crippen LogP contribution in [0.3, 0.4) is 0 Å². The van der Waals surface area contributed by atoms with Crippen LogP contribution in [-0.4, -0.2) is 29.8 Å². The Balaban J connectivity index is 2.61. The van der Waals surface area contributed by atoms with Crippen LogP contribution in [0, 0.1) is 0 Å². The van der Waals surface area contributed by atoms with Crippen LogP contribution in [0.15, 0.2) is 28.6 Å². The van der Waals surface area contributed by atoms with Gasteiger partial charge in [0, 0.05) is 15.8 Å². The van der Waals surface area contributed by atoms with E-state index in [0.29, 0.717) is 0 Å². The molecule has 0 fully saturated rings. The fraction of sp³-hybridized carbons (Fsp3) is 0.273. The average Bonchev–Trinajstić information content (AvgIpc) is 2.71. The van der Waals surface area contributed by atoms with Crippen molar-refractivity contribution in [3.63, 3.8) is 0 Å². The third kappa shape index (κ3) is 4.50. The molecule has 1 aromatic rings. The normalized spacial score (nSPS) is 11.6. The van der Waals surface area contributed by atoms with E-state index in [4.69, 9.17) is 5.11 Å². The van der Waals surface area contributed by atoms with E-state index >= 15 is 0 Å². The number of alkyl carbamates (subject to hydrolysis) is 1. The molecule has 7 heteroatoms.